The zero-order valence-electron chi connectivity index (χ0n) is 14.0. The summed E-state index contributed by atoms with van der Waals surface area (Å²) in [5, 5.41) is 0. The molecule has 0 spiro atoms. The molecule has 0 saturated carbocycles. The van der Waals surface area contributed by atoms with Gasteiger partial charge in [0.25, 0.3) is 0 Å². The number of carbonyl (C=O) groups is 1. The minimum atomic E-state index is -0.830. The Morgan fingerprint density at radius 2 is 2.04 bits per heavy atom. The topological polar surface area (TPSA) is 72.5 Å². The fourth-order valence-electron chi connectivity index (χ4n) is 3.05. The second kappa shape index (κ2) is 7.06. The van der Waals surface area contributed by atoms with Crippen LogP contribution >= 0.6 is 0 Å². The Morgan fingerprint density at radius 1 is 1.29 bits per heavy atom. The summed E-state index contributed by atoms with van der Waals surface area (Å²) < 4.78 is 33.3. The van der Waals surface area contributed by atoms with E-state index in [9.17, 15) is 4.79 Å². The first-order valence-corrected chi connectivity index (χ1v) is 7.78. The van der Waals surface area contributed by atoms with E-state index in [-0.39, 0.29) is 24.8 Å². The number of hydrogen-bond acceptors (Lipinski definition) is 7. The summed E-state index contributed by atoms with van der Waals surface area (Å²) in [5.41, 5.74) is 0.169. The van der Waals surface area contributed by atoms with Crippen molar-refractivity contribution in [1.29, 1.82) is 0 Å². The molecular formula is C17H22O7. The Kier molecular flexibility index (Phi) is 5.05. The zero-order chi connectivity index (χ0) is 17.2. The van der Waals surface area contributed by atoms with Crippen molar-refractivity contribution in [3.8, 4) is 5.75 Å². The van der Waals surface area contributed by atoms with Crippen molar-refractivity contribution >= 4 is 5.97 Å². The van der Waals surface area contributed by atoms with E-state index in [1.54, 1.807) is 14.2 Å². The van der Waals surface area contributed by atoms with Crippen LogP contribution in [0.3, 0.4) is 0 Å². The number of fused-ring (bicyclic) bond motifs is 2. The fourth-order valence-corrected chi connectivity index (χ4v) is 3.05. The molecule has 7 nitrogen and oxygen atoms in total. The van der Waals surface area contributed by atoms with Gasteiger partial charge in [0, 0.05) is 14.0 Å². The molecule has 0 radical (unpaired) electrons. The van der Waals surface area contributed by atoms with Gasteiger partial charge in [-0.25, -0.2) is 0 Å². The lowest BCUT2D eigenvalue weighted by Gasteiger charge is -2.30. The number of ether oxygens (including phenoxy) is 6. The van der Waals surface area contributed by atoms with Crippen LogP contribution in [-0.2, 0) is 35.1 Å². The number of esters is 1. The van der Waals surface area contributed by atoms with Crippen molar-refractivity contribution in [2.45, 2.75) is 37.6 Å². The molecule has 0 amide bonds. The number of rotatable bonds is 7. The first-order chi connectivity index (χ1) is 11.6. The van der Waals surface area contributed by atoms with Crippen LogP contribution in [0.1, 0.15) is 12.5 Å². The molecule has 2 aliphatic rings. The predicted molar refractivity (Wildman–Crippen MR) is 82.6 cm³/mol. The molecule has 132 valence electrons. The van der Waals surface area contributed by atoms with Gasteiger partial charge < -0.3 is 28.4 Å². The van der Waals surface area contributed by atoms with Crippen LogP contribution in [0.4, 0.5) is 0 Å². The molecule has 1 unspecified atom stereocenters. The maximum atomic E-state index is 11.2. The third kappa shape index (κ3) is 3.25. The van der Waals surface area contributed by atoms with Crippen LogP contribution in [0, 0.1) is 0 Å². The number of carbonyl (C=O) groups excluding carboxylic acids is 1. The molecule has 2 aliphatic heterocycles. The SMILES string of the molecule is COc1ccc(CO[C@H]2[C@H]3OC[C@]2(COC(C)=O)OC3OC)cc1. The Bertz CT molecular complexity index is 573. The minimum Gasteiger partial charge on any atom is -0.497 e. The van der Waals surface area contributed by atoms with Gasteiger partial charge in [-0.3, -0.25) is 4.79 Å². The summed E-state index contributed by atoms with van der Waals surface area (Å²) in [6.45, 7) is 2.13. The largest absolute Gasteiger partial charge is 0.497 e. The highest BCUT2D eigenvalue weighted by Gasteiger charge is 2.63. The second-order valence-electron chi connectivity index (χ2n) is 5.92. The molecule has 2 bridgehead atoms. The second-order valence-corrected chi connectivity index (χ2v) is 5.92. The Morgan fingerprint density at radius 3 is 2.67 bits per heavy atom. The summed E-state index contributed by atoms with van der Waals surface area (Å²) in [6, 6.07) is 7.62. The van der Waals surface area contributed by atoms with Crippen LogP contribution in [0.25, 0.3) is 0 Å². The van der Waals surface area contributed by atoms with E-state index in [0.29, 0.717) is 13.2 Å². The molecule has 7 heteroatoms. The van der Waals surface area contributed by atoms with Crippen molar-refractivity contribution in [1.82, 2.24) is 0 Å². The van der Waals surface area contributed by atoms with Gasteiger partial charge in [-0.15, -0.1) is 0 Å². The molecule has 2 heterocycles. The maximum absolute atomic E-state index is 11.2. The van der Waals surface area contributed by atoms with Gasteiger partial charge in [-0.05, 0) is 17.7 Å². The van der Waals surface area contributed by atoms with Crippen LogP contribution in [0.15, 0.2) is 24.3 Å². The van der Waals surface area contributed by atoms with Gasteiger partial charge in [0.05, 0.1) is 20.3 Å². The summed E-state index contributed by atoms with van der Waals surface area (Å²) in [6.07, 6.45) is -1.25. The van der Waals surface area contributed by atoms with Crippen LogP contribution < -0.4 is 4.74 Å². The summed E-state index contributed by atoms with van der Waals surface area (Å²) in [5.74, 6) is 0.420. The highest BCUT2D eigenvalue weighted by molar-refractivity contribution is 5.66. The zero-order valence-corrected chi connectivity index (χ0v) is 14.0. The van der Waals surface area contributed by atoms with Crippen molar-refractivity contribution < 1.29 is 33.2 Å². The van der Waals surface area contributed by atoms with E-state index in [1.165, 1.54) is 6.92 Å². The molecule has 3 rings (SSSR count). The average Bonchev–Trinajstić information content (AvgIpc) is 3.10. The molecule has 0 N–H and O–H groups in total. The lowest BCUT2D eigenvalue weighted by atomic mass is 10.00. The van der Waals surface area contributed by atoms with Crippen LogP contribution in [0.5, 0.6) is 5.75 Å². The van der Waals surface area contributed by atoms with Gasteiger partial charge in [0.15, 0.2) is 11.9 Å². The molecule has 0 aromatic heterocycles. The monoisotopic (exact) mass is 338 g/mol. The molecule has 2 fully saturated rings. The first kappa shape index (κ1) is 17.2. The minimum absolute atomic E-state index is 0.0754. The van der Waals surface area contributed by atoms with Gasteiger partial charge in [-0.1, -0.05) is 12.1 Å². The standard InChI is InChI=1S/C17H22O7/c1-11(18)22-9-17-10-23-14(16(20-3)24-17)15(17)21-8-12-4-6-13(19-2)7-5-12/h4-7,14-16H,8-10H2,1-3H3/t14-,15+,16?,17+/m1/s1. The Hall–Kier alpha value is -1.67. The molecule has 4 atom stereocenters. The van der Waals surface area contributed by atoms with Crippen LogP contribution in [0.2, 0.25) is 0 Å². The first-order valence-electron chi connectivity index (χ1n) is 7.78. The Balaban J connectivity index is 1.68. The molecular weight excluding hydrogens is 316 g/mol. The highest BCUT2D eigenvalue weighted by atomic mass is 16.8. The molecule has 1 aromatic carbocycles. The van der Waals surface area contributed by atoms with Crippen molar-refractivity contribution in [3.05, 3.63) is 29.8 Å². The smallest absolute Gasteiger partial charge is 0.302 e. The van der Waals surface area contributed by atoms with Gasteiger partial charge in [0.1, 0.15) is 24.6 Å². The highest BCUT2D eigenvalue weighted by Crippen LogP contribution is 2.42. The van der Waals surface area contributed by atoms with Crippen LogP contribution in [-0.4, -0.2) is 57.5 Å². The number of hydrogen-bond donors (Lipinski definition) is 0. The molecule has 0 aliphatic carbocycles. The quantitative estimate of drug-likeness (QED) is 0.694. The van der Waals surface area contributed by atoms with E-state index in [4.69, 9.17) is 28.4 Å². The Labute approximate surface area is 140 Å². The fraction of sp³-hybridized carbons (Fsp3) is 0.588. The third-order valence-corrected chi connectivity index (χ3v) is 4.30. The predicted octanol–water partition coefficient (Wildman–Crippen LogP) is 1.28. The van der Waals surface area contributed by atoms with E-state index in [2.05, 4.69) is 0 Å². The van der Waals surface area contributed by atoms with E-state index < -0.39 is 11.9 Å². The third-order valence-electron chi connectivity index (χ3n) is 4.30. The van der Waals surface area contributed by atoms with Gasteiger partial charge in [0.2, 0.25) is 0 Å². The van der Waals surface area contributed by atoms with Crippen molar-refractivity contribution in [3.63, 3.8) is 0 Å². The molecule has 1 aromatic rings. The summed E-state index contributed by atoms with van der Waals surface area (Å²) >= 11 is 0. The van der Waals surface area contributed by atoms with Crippen molar-refractivity contribution in [2.24, 2.45) is 0 Å². The lowest BCUT2D eigenvalue weighted by molar-refractivity contribution is -0.244. The molecule has 2 saturated heterocycles. The molecule has 24 heavy (non-hydrogen) atoms. The van der Waals surface area contributed by atoms with E-state index >= 15 is 0 Å². The normalized spacial score (nSPS) is 31.2. The summed E-state index contributed by atoms with van der Waals surface area (Å²) in [4.78, 5) is 11.2. The lowest BCUT2D eigenvalue weighted by Crippen LogP contribution is -2.46. The van der Waals surface area contributed by atoms with E-state index in [1.807, 2.05) is 24.3 Å². The van der Waals surface area contributed by atoms with Gasteiger partial charge >= 0.3 is 5.97 Å². The number of benzene rings is 1. The number of methoxy groups -OCH3 is 2. The van der Waals surface area contributed by atoms with E-state index in [0.717, 1.165) is 11.3 Å². The average molecular weight is 338 g/mol. The maximum Gasteiger partial charge on any atom is 0.302 e. The van der Waals surface area contributed by atoms with Gasteiger partial charge in [-0.2, -0.15) is 0 Å². The summed E-state index contributed by atoms with van der Waals surface area (Å²) in [7, 11) is 3.18. The van der Waals surface area contributed by atoms with Crippen molar-refractivity contribution in [2.75, 3.05) is 27.4 Å².